The zero-order valence-corrected chi connectivity index (χ0v) is 21.9. The standard InChI is InChI=1S/C29H32N8O2/c1-5-16-36-26(38)23-19-31-28(34-25(23)37(36)24-12-15-30-27(33-24)29(2,3)39)32-22-10-8-20(9-11-22)6-7-21-13-17-35(4)18-14-21/h5,8-12,15,19,21,39H,1,13-14,16-18H2,2-4H3,(H,31,32,34)/i4D3. The van der Waals surface area contributed by atoms with Gasteiger partial charge in [-0.25, -0.2) is 24.3 Å². The molecule has 0 aliphatic carbocycles. The Labute approximate surface area is 231 Å². The molecule has 0 unspecified atom stereocenters. The number of likely N-dealkylation sites (tertiary alicyclic amines) is 1. The van der Waals surface area contributed by atoms with E-state index < -0.39 is 12.6 Å². The number of rotatable bonds is 6. The Morgan fingerprint density at radius 1 is 1.21 bits per heavy atom. The Morgan fingerprint density at radius 2 is 1.97 bits per heavy atom. The van der Waals surface area contributed by atoms with Gasteiger partial charge < -0.3 is 15.3 Å². The zero-order chi connectivity index (χ0) is 30.1. The largest absolute Gasteiger partial charge is 0.382 e. The molecular weight excluding hydrogens is 492 g/mol. The average Bonchev–Trinajstić information content (AvgIpc) is 3.22. The third kappa shape index (κ3) is 5.74. The van der Waals surface area contributed by atoms with Crippen LogP contribution in [-0.2, 0) is 12.1 Å². The summed E-state index contributed by atoms with van der Waals surface area (Å²) in [5.41, 5.74) is 0.338. The van der Waals surface area contributed by atoms with Crippen molar-refractivity contribution in [2.45, 2.75) is 38.8 Å². The monoisotopic (exact) mass is 527 g/mol. The van der Waals surface area contributed by atoms with Gasteiger partial charge in [0.1, 0.15) is 11.0 Å². The molecule has 1 aliphatic heterocycles. The first-order valence-corrected chi connectivity index (χ1v) is 12.7. The number of aromatic nitrogens is 6. The van der Waals surface area contributed by atoms with Crippen LogP contribution in [0.3, 0.4) is 0 Å². The third-order valence-electron chi connectivity index (χ3n) is 6.44. The Hall–Kier alpha value is -4.33. The van der Waals surface area contributed by atoms with Crippen molar-refractivity contribution in [2.24, 2.45) is 5.92 Å². The Balaban J connectivity index is 1.38. The summed E-state index contributed by atoms with van der Waals surface area (Å²) in [5.74, 6) is 7.50. The molecule has 10 nitrogen and oxygen atoms in total. The van der Waals surface area contributed by atoms with E-state index in [1.807, 2.05) is 24.3 Å². The average molecular weight is 528 g/mol. The number of hydrogen-bond donors (Lipinski definition) is 2. The van der Waals surface area contributed by atoms with Crippen LogP contribution in [0, 0.1) is 17.8 Å². The second-order valence-corrected chi connectivity index (χ2v) is 9.95. The molecule has 0 radical (unpaired) electrons. The summed E-state index contributed by atoms with van der Waals surface area (Å²) in [6, 6.07) is 9.15. The molecule has 39 heavy (non-hydrogen) atoms. The highest BCUT2D eigenvalue weighted by Gasteiger charge is 2.23. The molecule has 3 aromatic heterocycles. The predicted molar refractivity (Wildman–Crippen MR) is 151 cm³/mol. The lowest BCUT2D eigenvalue weighted by Crippen LogP contribution is -2.29. The fourth-order valence-electron chi connectivity index (χ4n) is 4.35. The molecule has 1 aromatic carbocycles. The molecule has 2 N–H and O–H groups in total. The number of aliphatic hydroxyl groups is 1. The van der Waals surface area contributed by atoms with Gasteiger partial charge in [0.2, 0.25) is 5.95 Å². The Bertz CT molecular complexity index is 1720. The number of piperidine rings is 1. The second-order valence-electron chi connectivity index (χ2n) is 9.95. The molecule has 0 amide bonds. The first-order valence-electron chi connectivity index (χ1n) is 14.2. The van der Waals surface area contributed by atoms with E-state index in [1.165, 1.54) is 22.0 Å². The lowest BCUT2D eigenvalue weighted by atomic mass is 9.97. The van der Waals surface area contributed by atoms with Crippen molar-refractivity contribution in [3.05, 3.63) is 77.1 Å². The maximum Gasteiger partial charge on any atom is 0.278 e. The second kappa shape index (κ2) is 10.8. The van der Waals surface area contributed by atoms with E-state index in [0.717, 1.165) is 24.1 Å². The molecule has 4 aromatic rings. The van der Waals surface area contributed by atoms with E-state index in [0.29, 0.717) is 29.9 Å². The first-order chi connectivity index (χ1) is 19.9. The van der Waals surface area contributed by atoms with Crippen molar-refractivity contribution >= 4 is 22.7 Å². The van der Waals surface area contributed by atoms with Gasteiger partial charge in [-0.3, -0.25) is 4.79 Å². The number of allylic oxidation sites excluding steroid dienone is 1. The van der Waals surface area contributed by atoms with Crippen molar-refractivity contribution in [2.75, 3.05) is 25.4 Å². The van der Waals surface area contributed by atoms with E-state index in [4.69, 9.17) is 4.11 Å². The van der Waals surface area contributed by atoms with Gasteiger partial charge in [0.25, 0.3) is 5.56 Å². The molecule has 10 heteroatoms. The van der Waals surface area contributed by atoms with Crippen LogP contribution < -0.4 is 10.9 Å². The van der Waals surface area contributed by atoms with Crippen LogP contribution in [0.1, 0.15) is 42.2 Å². The summed E-state index contributed by atoms with van der Waals surface area (Å²) in [7, 11) is 0. The van der Waals surface area contributed by atoms with Gasteiger partial charge in [-0.2, -0.15) is 4.98 Å². The molecular formula is C29H32N8O2. The number of benzene rings is 1. The van der Waals surface area contributed by atoms with E-state index in [9.17, 15) is 9.90 Å². The maximum atomic E-state index is 13.2. The molecule has 0 bridgehead atoms. The van der Waals surface area contributed by atoms with Gasteiger partial charge in [-0.05, 0) is 71.0 Å². The molecule has 200 valence electrons. The summed E-state index contributed by atoms with van der Waals surface area (Å²) in [5, 5.41) is 13.9. The number of nitrogens with zero attached hydrogens (tertiary/aromatic N) is 7. The molecule has 0 saturated carbocycles. The first kappa shape index (κ1) is 22.6. The fourth-order valence-corrected chi connectivity index (χ4v) is 4.35. The summed E-state index contributed by atoms with van der Waals surface area (Å²) < 4.78 is 25.7. The molecule has 0 spiro atoms. The van der Waals surface area contributed by atoms with E-state index in [2.05, 4.69) is 43.7 Å². The summed E-state index contributed by atoms with van der Waals surface area (Å²) in [4.78, 5) is 32.4. The molecule has 1 aliphatic rings. The van der Waals surface area contributed by atoms with Crippen LogP contribution in [0.2, 0.25) is 0 Å². The van der Waals surface area contributed by atoms with Crippen molar-refractivity contribution < 1.29 is 9.22 Å². The van der Waals surface area contributed by atoms with E-state index in [-0.39, 0.29) is 29.8 Å². The van der Waals surface area contributed by atoms with Crippen LogP contribution in [-0.4, -0.2) is 59.4 Å². The minimum absolute atomic E-state index is 0.168. The van der Waals surface area contributed by atoms with Gasteiger partial charge >= 0.3 is 0 Å². The maximum absolute atomic E-state index is 13.2. The Morgan fingerprint density at radius 3 is 2.67 bits per heavy atom. The van der Waals surface area contributed by atoms with Crippen molar-refractivity contribution in [1.29, 1.82) is 0 Å². The van der Waals surface area contributed by atoms with Gasteiger partial charge in [-0.1, -0.05) is 17.9 Å². The molecule has 0 atom stereocenters. The number of nitrogens with one attached hydrogen (secondary N) is 1. The smallest absolute Gasteiger partial charge is 0.278 e. The van der Waals surface area contributed by atoms with Crippen LogP contribution in [0.15, 0.2) is 60.2 Å². The summed E-state index contributed by atoms with van der Waals surface area (Å²) in [6.45, 7) is 6.14. The van der Waals surface area contributed by atoms with Crippen LogP contribution >= 0.6 is 0 Å². The van der Waals surface area contributed by atoms with Crippen molar-refractivity contribution in [1.82, 2.24) is 34.2 Å². The van der Waals surface area contributed by atoms with Gasteiger partial charge in [0.15, 0.2) is 17.3 Å². The SMILES string of the molecule is [2H]C([2H])([2H])N1CCC(C#Cc2ccc(Nc3ncc4c(=O)n(CC=C)n(-c5ccnc(C(C)(C)O)n5)c4n3)cc2)CC1. The van der Waals surface area contributed by atoms with Gasteiger partial charge in [0, 0.05) is 39.7 Å². The van der Waals surface area contributed by atoms with Crippen LogP contribution in [0.25, 0.3) is 16.9 Å². The third-order valence-corrected chi connectivity index (χ3v) is 6.44. The minimum Gasteiger partial charge on any atom is -0.382 e. The fraction of sp³-hybridized carbons (Fsp3) is 0.345. The quantitative estimate of drug-likeness (QED) is 0.290. The van der Waals surface area contributed by atoms with Gasteiger partial charge in [0.05, 0.1) is 6.54 Å². The van der Waals surface area contributed by atoms with Crippen LogP contribution in [0.4, 0.5) is 11.6 Å². The molecule has 1 saturated heterocycles. The predicted octanol–water partition coefficient (Wildman–Crippen LogP) is 3.22. The van der Waals surface area contributed by atoms with Gasteiger partial charge in [-0.15, -0.1) is 6.58 Å². The van der Waals surface area contributed by atoms with E-state index in [1.54, 1.807) is 30.7 Å². The molecule has 1 fully saturated rings. The highest BCUT2D eigenvalue weighted by molar-refractivity contribution is 5.77. The van der Waals surface area contributed by atoms with Crippen LogP contribution in [0.5, 0.6) is 0 Å². The zero-order valence-electron chi connectivity index (χ0n) is 24.9. The highest BCUT2D eigenvalue weighted by Crippen LogP contribution is 2.21. The van der Waals surface area contributed by atoms with Crippen molar-refractivity contribution in [3.63, 3.8) is 0 Å². The number of hydrogen-bond acceptors (Lipinski definition) is 8. The summed E-state index contributed by atoms with van der Waals surface area (Å²) in [6.07, 6.45) is 6.07. The topological polar surface area (TPSA) is 114 Å². The number of fused-ring (bicyclic) bond motifs is 1. The molecule has 4 heterocycles. The van der Waals surface area contributed by atoms with E-state index >= 15 is 0 Å². The minimum atomic E-state index is -2.04. The Kier molecular flexibility index (Phi) is 6.27. The summed E-state index contributed by atoms with van der Waals surface area (Å²) >= 11 is 0. The number of anilines is 2. The lowest BCUT2D eigenvalue weighted by molar-refractivity contribution is 0.0686. The van der Waals surface area contributed by atoms with Crippen molar-refractivity contribution in [3.8, 4) is 17.7 Å². The molecule has 5 rings (SSSR count). The highest BCUT2D eigenvalue weighted by atomic mass is 16.3. The normalized spacial score (nSPS) is 16.1. The lowest BCUT2D eigenvalue weighted by Gasteiger charge is -2.25.